The van der Waals surface area contributed by atoms with Gasteiger partial charge in [0.25, 0.3) is 0 Å². The van der Waals surface area contributed by atoms with Gasteiger partial charge in [-0.05, 0) is 89.6 Å². The third-order valence-electron chi connectivity index (χ3n) is 8.45. The Kier molecular flexibility index (Phi) is 7.40. The molecule has 8 heteroatoms. The van der Waals surface area contributed by atoms with E-state index in [4.69, 9.17) is 31.3 Å². The summed E-state index contributed by atoms with van der Waals surface area (Å²) < 4.78 is 17.2. The Morgan fingerprint density at radius 2 is 1.94 bits per heavy atom. The fourth-order valence-electron chi connectivity index (χ4n) is 6.47. The predicted molar refractivity (Wildman–Crippen MR) is 135 cm³/mol. The number of likely N-dealkylation sites (tertiary alicyclic amines) is 1. The Labute approximate surface area is 212 Å². The fraction of sp³-hybridized carbons (Fsp3) is 0.704. The molecule has 0 radical (unpaired) electrons. The number of ether oxygens (including phenoxy) is 2. The molecule has 35 heavy (non-hydrogen) atoms. The monoisotopic (exact) mass is 503 g/mol. The lowest BCUT2D eigenvalue weighted by atomic mass is 9.73. The summed E-state index contributed by atoms with van der Waals surface area (Å²) in [6, 6.07) is 5.79. The van der Waals surface area contributed by atoms with E-state index >= 15 is 0 Å². The third-order valence-corrected chi connectivity index (χ3v) is 8.68. The average molecular weight is 504 g/mol. The highest BCUT2D eigenvalue weighted by atomic mass is 35.5. The summed E-state index contributed by atoms with van der Waals surface area (Å²) in [5.41, 5.74) is 7.67. The van der Waals surface area contributed by atoms with Crippen LogP contribution < -0.4 is 5.73 Å². The number of fused-ring (bicyclic) bond motifs is 1. The molecule has 3 fully saturated rings. The average Bonchev–Trinajstić information content (AvgIpc) is 3.41. The number of piperidine rings is 1. The van der Waals surface area contributed by atoms with Crippen LogP contribution in [0.15, 0.2) is 22.7 Å². The van der Waals surface area contributed by atoms with Gasteiger partial charge in [0.05, 0.1) is 24.3 Å². The van der Waals surface area contributed by atoms with E-state index in [1.165, 1.54) is 6.42 Å². The number of carbonyl (C=O) groups is 1. The van der Waals surface area contributed by atoms with Crippen molar-refractivity contribution in [2.75, 3.05) is 26.2 Å². The van der Waals surface area contributed by atoms with Crippen LogP contribution in [0.5, 0.6) is 0 Å². The minimum absolute atomic E-state index is 0.218. The fourth-order valence-corrected chi connectivity index (χ4v) is 6.63. The maximum atomic E-state index is 12.3. The molecule has 1 aromatic heterocycles. The van der Waals surface area contributed by atoms with E-state index in [0.717, 1.165) is 80.7 Å². The number of hydrogen-bond donors (Lipinski definition) is 1. The van der Waals surface area contributed by atoms with Gasteiger partial charge in [0.1, 0.15) is 0 Å². The quantitative estimate of drug-likeness (QED) is 0.564. The van der Waals surface area contributed by atoms with E-state index in [1.54, 1.807) is 0 Å². The molecule has 1 saturated carbocycles. The number of amides is 1. The molecular formula is C27H38ClN3O4. The summed E-state index contributed by atoms with van der Waals surface area (Å²) in [6.45, 7) is 7.59. The molecule has 2 N–H and O–H groups in total. The molecule has 5 rings (SSSR count). The Hall–Kier alpha value is -1.67. The van der Waals surface area contributed by atoms with Crippen LogP contribution in [0.2, 0.25) is 5.02 Å². The van der Waals surface area contributed by atoms with E-state index in [2.05, 4.69) is 10.1 Å². The number of primary amides is 1. The topological polar surface area (TPSA) is 90.8 Å². The van der Waals surface area contributed by atoms with Crippen molar-refractivity contribution >= 4 is 28.5 Å². The van der Waals surface area contributed by atoms with E-state index in [-0.39, 0.29) is 17.9 Å². The van der Waals surface area contributed by atoms with E-state index in [1.807, 2.05) is 32.0 Å². The van der Waals surface area contributed by atoms with Gasteiger partial charge in [-0.15, -0.1) is 0 Å². The lowest BCUT2D eigenvalue weighted by molar-refractivity contribution is -0.153. The molecule has 3 aliphatic rings. The summed E-state index contributed by atoms with van der Waals surface area (Å²) in [4.78, 5) is 14.9. The van der Waals surface area contributed by atoms with Crippen LogP contribution in [0.3, 0.4) is 0 Å². The molecule has 2 atom stereocenters. The maximum Gasteiger partial charge on any atom is 0.223 e. The predicted octanol–water partition coefficient (Wildman–Crippen LogP) is 5.11. The lowest BCUT2D eigenvalue weighted by Gasteiger charge is -2.36. The molecule has 1 amide bonds. The van der Waals surface area contributed by atoms with Gasteiger partial charge < -0.3 is 24.6 Å². The second-order valence-corrected chi connectivity index (χ2v) is 11.6. The first-order chi connectivity index (χ1) is 16.8. The SMILES string of the molecule is CC1(C)OCC(C(C(N)=O)C2CCC(CCN3CCC(c4noc5cc(Cl)ccc45)CC3)CC2)O1. The molecule has 0 bridgehead atoms. The second-order valence-electron chi connectivity index (χ2n) is 11.2. The molecule has 2 aromatic rings. The second kappa shape index (κ2) is 10.4. The zero-order valence-corrected chi connectivity index (χ0v) is 21.6. The minimum atomic E-state index is -0.627. The lowest BCUT2D eigenvalue weighted by Crippen LogP contribution is -2.42. The van der Waals surface area contributed by atoms with Crippen molar-refractivity contribution in [1.29, 1.82) is 0 Å². The zero-order chi connectivity index (χ0) is 24.6. The van der Waals surface area contributed by atoms with Gasteiger partial charge in [0.15, 0.2) is 11.4 Å². The number of rotatable bonds is 7. The number of aromatic nitrogens is 1. The van der Waals surface area contributed by atoms with Gasteiger partial charge >= 0.3 is 0 Å². The smallest absolute Gasteiger partial charge is 0.223 e. The van der Waals surface area contributed by atoms with E-state index in [0.29, 0.717) is 23.5 Å². The van der Waals surface area contributed by atoms with Crippen LogP contribution in [0.4, 0.5) is 0 Å². The largest absolute Gasteiger partial charge is 0.369 e. The minimum Gasteiger partial charge on any atom is -0.369 e. The maximum absolute atomic E-state index is 12.3. The first-order valence-corrected chi connectivity index (χ1v) is 13.5. The highest BCUT2D eigenvalue weighted by Gasteiger charge is 2.44. The number of halogens is 1. The zero-order valence-electron chi connectivity index (χ0n) is 20.9. The molecule has 2 unspecified atom stereocenters. The highest BCUT2D eigenvalue weighted by Crippen LogP contribution is 2.40. The van der Waals surface area contributed by atoms with E-state index < -0.39 is 5.79 Å². The Bertz CT molecular complexity index is 1020. The van der Waals surface area contributed by atoms with E-state index in [9.17, 15) is 4.79 Å². The Balaban J connectivity index is 1.06. The third kappa shape index (κ3) is 5.68. The number of nitrogens with two attached hydrogens (primary N) is 1. The molecule has 2 saturated heterocycles. The summed E-state index contributed by atoms with van der Waals surface area (Å²) in [6.07, 6.45) is 7.64. The summed E-state index contributed by atoms with van der Waals surface area (Å²) in [5.74, 6) is 0.345. The van der Waals surface area contributed by atoms with Crippen molar-refractivity contribution in [2.45, 2.75) is 76.6 Å². The summed E-state index contributed by atoms with van der Waals surface area (Å²) in [5, 5.41) is 6.15. The van der Waals surface area contributed by atoms with Crippen molar-refractivity contribution in [1.82, 2.24) is 10.1 Å². The van der Waals surface area contributed by atoms with Crippen molar-refractivity contribution in [3.05, 3.63) is 28.9 Å². The molecule has 7 nitrogen and oxygen atoms in total. The van der Waals surface area contributed by atoms with Gasteiger partial charge in [-0.2, -0.15) is 0 Å². The Morgan fingerprint density at radius 1 is 1.20 bits per heavy atom. The molecular weight excluding hydrogens is 466 g/mol. The molecule has 1 aromatic carbocycles. The van der Waals surface area contributed by atoms with Gasteiger partial charge in [0.2, 0.25) is 5.91 Å². The van der Waals surface area contributed by atoms with Crippen molar-refractivity contribution in [3.8, 4) is 0 Å². The van der Waals surface area contributed by atoms with Gasteiger partial charge in [-0.3, -0.25) is 4.79 Å². The number of carbonyl (C=O) groups excluding carboxylic acids is 1. The number of hydrogen-bond acceptors (Lipinski definition) is 6. The van der Waals surface area contributed by atoms with Crippen molar-refractivity contribution in [3.63, 3.8) is 0 Å². The normalized spacial score (nSPS) is 28.9. The highest BCUT2D eigenvalue weighted by molar-refractivity contribution is 6.31. The van der Waals surface area contributed by atoms with Gasteiger partial charge in [0, 0.05) is 22.4 Å². The Morgan fingerprint density at radius 3 is 2.60 bits per heavy atom. The number of benzene rings is 1. The van der Waals surface area contributed by atoms with Gasteiger partial charge in [-0.25, -0.2) is 0 Å². The van der Waals surface area contributed by atoms with Crippen LogP contribution in [-0.2, 0) is 14.3 Å². The molecule has 2 aliphatic heterocycles. The first kappa shape index (κ1) is 25.0. The molecule has 3 heterocycles. The summed E-state index contributed by atoms with van der Waals surface area (Å²) in [7, 11) is 0. The summed E-state index contributed by atoms with van der Waals surface area (Å²) >= 11 is 6.08. The van der Waals surface area contributed by atoms with Crippen molar-refractivity contribution < 1.29 is 18.8 Å². The van der Waals surface area contributed by atoms with Crippen LogP contribution in [0.1, 0.15) is 70.4 Å². The molecule has 192 valence electrons. The first-order valence-electron chi connectivity index (χ1n) is 13.2. The van der Waals surface area contributed by atoms with Crippen LogP contribution in [0.25, 0.3) is 11.0 Å². The van der Waals surface area contributed by atoms with Gasteiger partial charge in [-0.1, -0.05) is 29.6 Å². The number of nitrogens with zero attached hydrogens (tertiary/aromatic N) is 2. The van der Waals surface area contributed by atoms with Crippen molar-refractivity contribution in [2.24, 2.45) is 23.5 Å². The van der Waals surface area contributed by atoms with Crippen LogP contribution in [0, 0.1) is 17.8 Å². The molecule has 1 aliphatic carbocycles. The standard InChI is InChI=1S/C27H38ClN3O4/c1-27(2)33-16-23(34-27)24(26(29)32)18-5-3-17(4-6-18)9-12-31-13-10-19(11-14-31)25-21-8-7-20(28)15-22(21)35-30-25/h7-8,15,17-19,23-24H,3-6,9-14,16H2,1-2H3,(H2,29,32). The van der Waals surface area contributed by atoms with Crippen LogP contribution >= 0.6 is 11.6 Å². The molecule has 0 spiro atoms. The van der Waals surface area contributed by atoms with Crippen LogP contribution in [-0.4, -0.2) is 54.1 Å².